The van der Waals surface area contributed by atoms with Gasteiger partial charge in [0.25, 0.3) is 0 Å². The number of rotatable bonds is 4. The summed E-state index contributed by atoms with van der Waals surface area (Å²) in [5, 5.41) is 1.01. The quantitative estimate of drug-likeness (QED) is 0.175. The van der Waals surface area contributed by atoms with Gasteiger partial charge in [-0.15, -0.1) is 0 Å². The highest BCUT2D eigenvalue weighted by atomic mass is 16.3. The predicted molar refractivity (Wildman–Crippen MR) is 208 cm³/mol. The zero-order chi connectivity index (χ0) is 47.1. The van der Waals surface area contributed by atoms with Gasteiger partial charge in [-0.05, 0) is 89.0 Å². The van der Waals surface area contributed by atoms with E-state index in [1.165, 1.54) is 0 Å². The molecule has 10 rings (SSSR count). The normalized spacial score (nSPS) is 16.5. The van der Waals surface area contributed by atoms with Crippen LogP contribution in [-0.4, -0.2) is 0 Å². The summed E-state index contributed by atoms with van der Waals surface area (Å²) in [5.74, 6) is 0. The summed E-state index contributed by atoms with van der Waals surface area (Å²) in [6.45, 7) is 0. The van der Waals surface area contributed by atoms with Crippen LogP contribution in [0, 0.1) is 0 Å². The van der Waals surface area contributed by atoms with Crippen molar-refractivity contribution in [3.8, 4) is 44.5 Å². The topological polar surface area (TPSA) is 13.1 Å². The second-order valence-corrected chi connectivity index (χ2v) is 11.5. The molecule has 10 aromatic rings. The molecule has 0 N–H and O–H groups in total. The minimum absolute atomic E-state index is 0.150. The van der Waals surface area contributed by atoms with Crippen molar-refractivity contribution >= 4 is 54.3 Å². The average Bonchev–Trinajstić information content (AvgIpc) is 3.71. The molecule has 0 aliphatic rings. The van der Waals surface area contributed by atoms with Crippen LogP contribution in [0.5, 0.6) is 0 Å². The highest BCUT2D eigenvalue weighted by Gasteiger charge is 2.19. The van der Waals surface area contributed by atoms with Crippen LogP contribution >= 0.6 is 0 Å². The third kappa shape index (κ3) is 4.33. The van der Waals surface area contributed by atoms with Gasteiger partial charge >= 0.3 is 0 Å². The van der Waals surface area contributed by atoms with Crippen LogP contribution in [0.15, 0.2) is 186 Å². The van der Waals surface area contributed by atoms with Crippen molar-refractivity contribution in [1.29, 1.82) is 0 Å². The van der Waals surface area contributed by atoms with Gasteiger partial charge in [-0.1, -0.05) is 169 Å². The number of hydrogen-bond acceptors (Lipinski definition) is 1. The predicted octanol–water partition coefficient (Wildman–Crippen LogP) is 13.7. The van der Waals surface area contributed by atoms with Crippen molar-refractivity contribution in [2.75, 3.05) is 0 Å². The second kappa shape index (κ2) is 11.1. The SMILES string of the molecule is [2H]c1c([2H])c([2H])c(-c2c3c([2H])c([2H])c([2H])c([2H])c3c(-c3c([2H])c([2H])c(-c4cccc5oc6cccc(-c7cccc8ccccc78)c6c45)c([2H])c3[2H])c3c([2H])c([2H])c([2H])c([2H])c23)c([2H])c1[2H]. The first kappa shape index (κ1) is 15.6. The highest BCUT2D eigenvalue weighted by molar-refractivity contribution is 6.22. The number of benzene rings is 9. The van der Waals surface area contributed by atoms with Crippen molar-refractivity contribution in [2.24, 2.45) is 0 Å². The van der Waals surface area contributed by atoms with E-state index >= 15 is 0 Å². The van der Waals surface area contributed by atoms with Crippen LogP contribution < -0.4 is 0 Å². The van der Waals surface area contributed by atoms with Crippen molar-refractivity contribution in [3.63, 3.8) is 0 Å². The van der Waals surface area contributed by atoms with Crippen LogP contribution in [0.3, 0.4) is 0 Å². The summed E-state index contributed by atoms with van der Waals surface area (Å²) < 4.78 is 160. The highest BCUT2D eigenvalue weighted by Crippen LogP contribution is 2.46. The van der Waals surface area contributed by atoms with E-state index in [1.54, 1.807) is 24.3 Å². The molecular weight excluding hydrogens is 593 g/mol. The maximum Gasteiger partial charge on any atom is 0.136 e. The van der Waals surface area contributed by atoms with Crippen LogP contribution in [0.1, 0.15) is 23.3 Å². The first-order valence-corrected chi connectivity index (χ1v) is 15.5. The van der Waals surface area contributed by atoms with Gasteiger partial charge in [0.05, 0.1) is 23.3 Å². The molecule has 1 aromatic heterocycles. The van der Waals surface area contributed by atoms with Crippen molar-refractivity contribution < 1.29 is 27.7 Å². The van der Waals surface area contributed by atoms with Gasteiger partial charge in [0, 0.05) is 10.8 Å². The Morgan fingerprint density at radius 2 is 0.816 bits per heavy atom. The fourth-order valence-corrected chi connectivity index (χ4v) is 6.83. The number of hydrogen-bond donors (Lipinski definition) is 0. The summed E-state index contributed by atoms with van der Waals surface area (Å²) in [6.07, 6.45) is 0. The Morgan fingerprint density at radius 3 is 1.47 bits per heavy atom. The maximum atomic E-state index is 9.69. The van der Waals surface area contributed by atoms with E-state index in [1.807, 2.05) is 54.6 Å². The van der Waals surface area contributed by atoms with Gasteiger partial charge in [-0.25, -0.2) is 0 Å². The van der Waals surface area contributed by atoms with E-state index in [9.17, 15) is 11.0 Å². The van der Waals surface area contributed by atoms with Gasteiger partial charge in [0.2, 0.25) is 0 Å². The third-order valence-corrected chi connectivity index (χ3v) is 8.87. The first-order chi connectivity index (χ1) is 31.4. The molecule has 1 nitrogen and oxygen atoms in total. The fraction of sp³-hybridized carbons (Fsp3) is 0. The molecule has 0 spiro atoms. The van der Waals surface area contributed by atoms with E-state index in [-0.39, 0.29) is 11.1 Å². The maximum absolute atomic E-state index is 9.69. The molecule has 0 fully saturated rings. The van der Waals surface area contributed by atoms with Gasteiger partial charge in [-0.3, -0.25) is 0 Å². The standard InChI is InChI=1S/C48H30O/c1-2-14-33(15-3-1)45-39-18-6-8-20-41(39)46(42-21-9-7-19-40(42)45)34-29-27-32(28-30-34)36-22-11-25-43-47(36)48-38(24-12-26-44(48)49-43)37-23-10-16-31-13-4-5-17-35(31)37/h1-30H/i1D,2D,3D,6D,7D,8D,9D,14D,15D,18D,19D,20D,21D,27D,28D,29D,30D. The molecule has 0 bridgehead atoms. The molecule has 0 saturated carbocycles. The second-order valence-electron chi connectivity index (χ2n) is 11.5. The molecule has 0 unspecified atom stereocenters. The van der Waals surface area contributed by atoms with Crippen molar-refractivity contribution in [3.05, 3.63) is 182 Å². The first-order valence-electron chi connectivity index (χ1n) is 24.0. The molecule has 49 heavy (non-hydrogen) atoms. The summed E-state index contributed by atoms with van der Waals surface area (Å²) >= 11 is 0. The molecule has 228 valence electrons. The van der Waals surface area contributed by atoms with Crippen molar-refractivity contribution in [1.82, 2.24) is 0 Å². The lowest BCUT2D eigenvalue weighted by Crippen LogP contribution is -1.90. The Morgan fingerprint density at radius 1 is 0.347 bits per heavy atom. The van der Waals surface area contributed by atoms with Gasteiger partial charge in [0.1, 0.15) is 11.2 Å². The number of fused-ring (bicyclic) bond motifs is 6. The lowest BCUT2D eigenvalue weighted by Gasteiger charge is -2.18. The Bertz CT molecular complexity index is 3710. The number of furan rings is 1. The molecular formula is C48H30O. The Kier molecular flexibility index (Phi) is 3.54. The average molecular weight is 640 g/mol. The largest absolute Gasteiger partial charge is 0.456 e. The summed E-state index contributed by atoms with van der Waals surface area (Å²) in [6, 6.07) is 11.2. The molecule has 9 aromatic carbocycles. The van der Waals surface area contributed by atoms with Gasteiger partial charge in [-0.2, -0.15) is 0 Å². The zero-order valence-electron chi connectivity index (χ0n) is 42.4. The molecule has 0 atom stereocenters. The lowest BCUT2D eigenvalue weighted by atomic mass is 9.85. The van der Waals surface area contributed by atoms with Gasteiger partial charge in [0.15, 0.2) is 0 Å². The van der Waals surface area contributed by atoms with Crippen LogP contribution in [0.25, 0.3) is 98.8 Å². The Labute approximate surface area is 308 Å². The molecule has 1 heteroatoms. The van der Waals surface area contributed by atoms with Crippen LogP contribution in [0.4, 0.5) is 0 Å². The fourth-order valence-electron chi connectivity index (χ4n) is 6.83. The minimum Gasteiger partial charge on any atom is -0.456 e. The Balaban J connectivity index is 1.38. The summed E-state index contributed by atoms with van der Waals surface area (Å²) in [7, 11) is 0. The molecule has 0 amide bonds. The molecule has 0 aliphatic heterocycles. The third-order valence-electron chi connectivity index (χ3n) is 8.87. The van der Waals surface area contributed by atoms with E-state index in [4.69, 9.17) is 16.8 Å². The summed E-state index contributed by atoms with van der Waals surface area (Å²) in [4.78, 5) is 0. The summed E-state index contributed by atoms with van der Waals surface area (Å²) in [5.41, 5.74) is 0.479. The van der Waals surface area contributed by atoms with E-state index in [0.717, 1.165) is 21.9 Å². The lowest BCUT2D eigenvalue weighted by molar-refractivity contribution is 0.669. The Hall–Kier alpha value is -6.44. The smallest absolute Gasteiger partial charge is 0.136 e. The molecule has 1 heterocycles. The van der Waals surface area contributed by atoms with Gasteiger partial charge < -0.3 is 4.42 Å². The van der Waals surface area contributed by atoms with E-state index in [2.05, 4.69) is 0 Å². The monoisotopic (exact) mass is 639 g/mol. The van der Waals surface area contributed by atoms with E-state index < -0.39 is 147 Å². The molecule has 0 saturated heterocycles. The molecule has 0 radical (unpaired) electrons. The van der Waals surface area contributed by atoms with Crippen LogP contribution in [-0.2, 0) is 0 Å². The molecule has 0 aliphatic carbocycles. The minimum atomic E-state index is -0.828. The van der Waals surface area contributed by atoms with E-state index in [0.29, 0.717) is 21.9 Å². The van der Waals surface area contributed by atoms with Crippen molar-refractivity contribution in [2.45, 2.75) is 0 Å². The zero-order valence-corrected chi connectivity index (χ0v) is 25.4. The van der Waals surface area contributed by atoms with Crippen LogP contribution in [0.2, 0.25) is 0 Å².